The van der Waals surface area contributed by atoms with E-state index in [1.54, 1.807) is 16.8 Å². The van der Waals surface area contributed by atoms with Gasteiger partial charge in [0.1, 0.15) is 12.4 Å². The number of hydrogen-bond acceptors (Lipinski definition) is 7. The molecule has 0 atom stereocenters. The summed E-state index contributed by atoms with van der Waals surface area (Å²) < 4.78 is 38.1. The van der Waals surface area contributed by atoms with E-state index in [1.807, 2.05) is 42.5 Å². The molecular weight excluding hydrogens is 508 g/mol. The maximum absolute atomic E-state index is 12.8. The van der Waals surface area contributed by atoms with Crippen molar-refractivity contribution in [2.24, 2.45) is 0 Å². The van der Waals surface area contributed by atoms with Crippen LogP contribution in [0.15, 0.2) is 64.2 Å². The molecule has 3 aromatic rings. The van der Waals surface area contributed by atoms with E-state index in [0.717, 1.165) is 22.4 Å². The van der Waals surface area contributed by atoms with Crippen LogP contribution in [0.3, 0.4) is 0 Å². The fourth-order valence-corrected chi connectivity index (χ4v) is 6.47. The summed E-state index contributed by atoms with van der Waals surface area (Å²) in [6.07, 6.45) is 0.174. The van der Waals surface area contributed by atoms with Crippen molar-refractivity contribution >= 4 is 38.9 Å². The number of carbonyl (C=O) groups is 1. The van der Waals surface area contributed by atoms with Crippen molar-refractivity contribution < 1.29 is 22.7 Å². The maximum atomic E-state index is 12.8. The average Bonchev–Trinajstić information content (AvgIpc) is 3.41. The monoisotopic (exact) mass is 534 g/mol. The molecule has 1 saturated heterocycles. The highest BCUT2D eigenvalue weighted by molar-refractivity contribution is 7.89. The van der Waals surface area contributed by atoms with Gasteiger partial charge in [-0.2, -0.15) is 15.6 Å². The molecule has 2 heterocycles. The topological polar surface area (TPSA) is 76.2 Å². The van der Waals surface area contributed by atoms with Crippen molar-refractivity contribution in [2.75, 3.05) is 33.3 Å². The number of sulfonamides is 1. The number of ether oxygens (including phenoxy) is 2. The first-order valence-electron chi connectivity index (χ1n) is 11.2. The van der Waals surface area contributed by atoms with Gasteiger partial charge in [0.15, 0.2) is 0 Å². The summed E-state index contributed by atoms with van der Waals surface area (Å²) in [7, 11) is -2.09. The third-order valence-corrected chi connectivity index (χ3v) is 8.85. The Morgan fingerprint density at radius 1 is 1.03 bits per heavy atom. The normalized spacial score (nSPS) is 15.1. The lowest BCUT2D eigenvalue weighted by atomic mass is 10.1. The van der Waals surface area contributed by atoms with Crippen LogP contribution in [0.2, 0.25) is 5.02 Å². The van der Waals surface area contributed by atoms with Crippen LogP contribution < -0.4 is 4.74 Å². The summed E-state index contributed by atoms with van der Waals surface area (Å²) in [5.41, 5.74) is 2.77. The number of hydrogen-bond donors (Lipinski definition) is 0. The van der Waals surface area contributed by atoms with Crippen molar-refractivity contribution in [2.45, 2.75) is 24.5 Å². The molecule has 4 rings (SSSR count). The predicted octanol–water partition coefficient (Wildman–Crippen LogP) is 4.20. The number of rotatable bonds is 9. The Kier molecular flexibility index (Phi) is 8.46. The Morgan fingerprint density at radius 3 is 2.40 bits per heavy atom. The molecule has 186 valence electrons. The quantitative estimate of drug-likeness (QED) is 0.383. The second-order valence-electron chi connectivity index (χ2n) is 8.25. The number of piperazine rings is 1. The lowest BCUT2D eigenvalue weighted by molar-refractivity contribution is -0.139. The van der Waals surface area contributed by atoms with Crippen LogP contribution in [0.25, 0.3) is 0 Å². The molecule has 0 aliphatic carbocycles. The van der Waals surface area contributed by atoms with Gasteiger partial charge >= 0.3 is 5.97 Å². The molecular formula is C25H27ClN2O5S2. The molecule has 0 bridgehead atoms. The van der Waals surface area contributed by atoms with Crippen LogP contribution in [-0.4, -0.2) is 56.9 Å². The fourth-order valence-electron chi connectivity index (χ4n) is 3.90. The molecule has 1 aliphatic rings. The Hall–Kier alpha value is -2.43. The van der Waals surface area contributed by atoms with Crippen molar-refractivity contribution in [1.29, 1.82) is 0 Å². The number of thiophene rings is 1. The van der Waals surface area contributed by atoms with E-state index in [2.05, 4.69) is 4.90 Å². The Labute approximate surface area is 214 Å². The Bertz CT molecular complexity index is 1240. The Balaban J connectivity index is 1.45. The van der Waals surface area contributed by atoms with Gasteiger partial charge in [-0.05, 0) is 40.8 Å². The van der Waals surface area contributed by atoms with Gasteiger partial charge in [0.2, 0.25) is 10.0 Å². The summed E-state index contributed by atoms with van der Waals surface area (Å²) in [4.78, 5) is 14.3. The van der Waals surface area contributed by atoms with Crippen molar-refractivity contribution in [1.82, 2.24) is 9.21 Å². The summed E-state index contributed by atoms with van der Waals surface area (Å²) in [6.45, 7) is 2.99. The van der Waals surface area contributed by atoms with Gasteiger partial charge in [-0.25, -0.2) is 8.42 Å². The van der Waals surface area contributed by atoms with Crippen molar-refractivity contribution in [3.8, 4) is 5.75 Å². The van der Waals surface area contributed by atoms with Crippen LogP contribution >= 0.6 is 22.9 Å². The lowest BCUT2D eigenvalue weighted by Crippen LogP contribution is -2.48. The lowest BCUT2D eigenvalue weighted by Gasteiger charge is -2.34. The van der Waals surface area contributed by atoms with E-state index < -0.39 is 10.0 Å². The Morgan fingerprint density at radius 2 is 1.74 bits per heavy atom. The molecule has 0 saturated carbocycles. The zero-order valence-corrected chi connectivity index (χ0v) is 21.7. The van der Waals surface area contributed by atoms with E-state index in [1.165, 1.54) is 22.8 Å². The zero-order valence-electron chi connectivity index (χ0n) is 19.4. The number of carbonyl (C=O) groups excluding carboxylic acids is 1. The standard InChI is InChI=1S/C25H27ClN2O5S2/c1-32-25(29)15-20-4-7-24(33-17-19-2-5-22(26)6-3-19)21(14-20)16-27-9-11-28(12-10-27)35(30,31)23-8-13-34-18-23/h2-8,13-14,18H,9-12,15-17H2,1H3. The third kappa shape index (κ3) is 6.62. The molecule has 0 unspecified atom stereocenters. The molecule has 1 aliphatic heterocycles. The largest absolute Gasteiger partial charge is 0.489 e. The van der Waals surface area contributed by atoms with Gasteiger partial charge in [-0.1, -0.05) is 35.9 Å². The number of nitrogens with zero attached hydrogens (tertiary/aromatic N) is 2. The first-order chi connectivity index (χ1) is 16.8. The minimum atomic E-state index is -3.46. The van der Waals surface area contributed by atoms with Gasteiger partial charge in [-0.15, -0.1) is 0 Å². The van der Waals surface area contributed by atoms with Gasteiger partial charge in [0.05, 0.1) is 18.4 Å². The molecule has 7 nitrogen and oxygen atoms in total. The molecule has 1 fully saturated rings. The van der Waals surface area contributed by atoms with E-state index in [0.29, 0.717) is 49.2 Å². The fraction of sp³-hybridized carbons (Fsp3) is 0.320. The van der Waals surface area contributed by atoms with E-state index in [-0.39, 0.29) is 12.4 Å². The highest BCUT2D eigenvalue weighted by Gasteiger charge is 2.29. The first kappa shape index (κ1) is 25.7. The van der Waals surface area contributed by atoms with Crippen LogP contribution in [0.4, 0.5) is 0 Å². The third-order valence-electron chi connectivity index (χ3n) is 5.87. The van der Waals surface area contributed by atoms with E-state index in [4.69, 9.17) is 21.1 Å². The molecule has 10 heteroatoms. The van der Waals surface area contributed by atoms with E-state index in [9.17, 15) is 13.2 Å². The molecule has 2 aromatic carbocycles. The van der Waals surface area contributed by atoms with E-state index >= 15 is 0 Å². The number of benzene rings is 2. The molecule has 0 N–H and O–H groups in total. The minimum Gasteiger partial charge on any atom is -0.489 e. The van der Waals surface area contributed by atoms with Gasteiger partial charge in [0.25, 0.3) is 0 Å². The molecule has 35 heavy (non-hydrogen) atoms. The summed E-state index contributed by atoms with van der Waals surface area (Å²) >= 11 is 7.35. The maximum Gasteiger partial charge on any atom is 0.309 e. The SMILES string of the molecule is COC(=O)Cc1ccc(OCc2ccc(Cl)cc2)c(CN2CCN(S(=O)(=O)c3ccsc3)CC2)c1. The van der Waals surface area contributed by atoms with Crippen LogP contribution in [0, 0.1) is 0 Å². The second-order valence-corrected chi connectivity index (χ2v) is 11.4. The number of esters is 1. The summed E-state index contributed by atoms with van der Waals surface area (Å²) in [6, 6.07) is 14.8. The van der Waals surface area contributed by atoms with Gasteiger partial charge in [-0.3, -0.25) is 9.69 Å². The highest BCUT2D eigenvalue weighted by Crippen LogP contribution is 2.26. The number of methoxy groups -OCH3 is 1. The highest BCUT2D eigenvalue weighted by atomic mass is 35.5. The predicted molar refractivity (Wildman–Crippen MR) is 136 cm³/mol. The smallest absolute Gasteiger partial charge is 0.309 e. The van der Waals surface area contributed by atoms with Crippen molar-refractivity contribution in [3.05, 3.63) is 81.0 Å². The van der Waals surface area contributed by atoms with Gasteiger partial charge < -0.3 is 9.47 Å². The van der Waals surface area contributed by atoms with Crippen LogP contribution in [0.5, 0.6) is 5.75 Å². The van der Waals surface area contributed by atoms with Crippen molar-refractivity contribution in [3.63, 3.8) is 0 Å². The molecule has 0 spiro atoms. The first-order valence-corrected chi connectivity index (χ1v) is 13.9. The summed E-state index contributed by atoms with van der Waals surface area (Å²) in [5, 5.41) is 4.11. The molecule has 0 radical (unpaired) electrons. The minimum absolute atomic E-state index is 0.174. The van der Waals surface area contributed by atoms with Gasteiger partial charge in [0, 0.05) is 48.7 Å². The average molecular weight is 535 g/mol. The number of halogens is 1. The second kappa shape index (κ2) is 11.5. The van der Waals surface area contributed by atoms with Crippen LogP contribution in [-0.2, 0) is 39.1 Å². The van der Waals surface area contributed by atoms with Crippen LogP contribution in [0.1, 0.15) is 16.7 Å². The summed E-state index contributed by atoms with van der Waals surface area (Å²) in [5.74, 6) is 0.417. The molecule has 0 amide bonds. The molecule has 1 aromatic heterocycles. The zero-order chi connectivity index (χ0) is 24.8.